The molecule has 1 aromatic carbocycles. The van der Waals surface area contributed by atoms with Gasteiger partial charge in [0.1, 0.15) is 0 Å². The summed E-state index contributed by atoms with van der Waals surface area (Å²) in [5.41, 5.74) is 1.55. The Bertz CT molecular complexity index is 248. The van der Waals surface area contributed by atoms with Crippen LogP contribution in [0.15, 0.2) is 24.2 Å². The van der Waals surface area contributed by atoms with E-state index in [4.69, 9.17) is 2.74 Å². The largest absolute Gasteiger partial charge is 0.388 e. The molecule has 0 heterocycles. The summed E-state index contributed by atoms with van der Waals surface area (Å²) in [5, 5.41) is 2.82. The van der Waals surface area contributed by atoms with Crippen LogP contribution in [0, 0.1) is 6.92 Å². The molecular weight excluding hydrogens is 110 g/mol. The lowest BCUT2D eigenvalue weighted by molar-refractivity contribution is 1.44. The number of benzene rings is 1. The molecule has 0 atom stereocenters. The predicted octanol–water partition coefficient (Wildman–Crippen LogP) is 2.04. The van der Waals surface area contributed by atoms with Gasteiger partial charge in [-0.2, -0.15) is 0 Å². The van der Waals surface area contributed by atoms with Gasteiger partial charge in [0.2, 0.25) is 0 Å². The molecule has 1 aromatic rings. The fourth-order valence-corrected chi connectivity index (χ4v) is 0.600. The Morgan fingerprint density at radius 3 is 2.44 bits per heavy atom. The van der Waals surface area contributed by atoms with Crippen LogP contribution in [-0.4, -0.2) is 7.05 Å². The highest BCUT2D eigenvalue weighted by atomic mass is 14.8. The third-order valence-electron chi connectivity index (χ3n) is 1.14. The number of nitrogens with one attached hydrogen (secondary N) is 1. The van der Waals surface area contributed by atoms with Crippen molar-refractivity contribution in [3.63, 3.8) is 0 Å². The summed E-state index contributed by atoms with van der Waals surface area (Å²) in [6.07, 6.45) is 0. The quantitative estimate of drug-likeness (QED) is 0.602. The normalized spacial score (nSPS) is 12.2. The summed E-state index contributed by atoms with van der Waals surface area (Å²) in [6, 6.07) is 4.25. The molecular formula is C8H11N. The minimum absolute atomic E-state index is 0.387. The smallest absolute Gasteiger partial charge is 0.0645 e. The van der Waals surface area contributed by atoms with E-state index in [0.29, 0.717) is 17.8 Å². The molecule has 1 heteroatoms. The number of hydrogen-bond donors (Lipinski definition) is 1. The SMILES string of the molecule is [2H]c1cc(C)cc([2H])c1NC. The van der Waals surface area contributed by atoms with Crippen molar-refractivity contribution in [3.05, 3.63) is 29.8 Å². The van der Waals surface area contributed by atoms with E-state index < -0.39 is 0 Å². The van der Waals surface area contributed by atoms with Crippen molar-refractivity contribution in [2.24, 2.45) is 0 Å². The second kappa shape index (κ2) is 2.53. The van der Waals surface area contributed by atoms with Crippen molar-refractivity contribution in [2.45, 2.75) is 6.92 Å². The van der Waals surface area contributed by atoms with Crippen LogP contribution in [0.25, 0.3) is 0 Å². The van der Waals surface area contributed by atoms with E-state index in [-0.39, 0.29) is 0 Å². The first kappa shape index (κ1) is 3.94. The standard InChI is InChI=1S/C8H11N/c1-7-3-5-8(9-2)6-4-7/h3-6,9H,1-2H3/i5D,6D. The molecule has 0 radical (unpaired) electrons. The average molecular weight is 123 g/mol. The van der Waals surface area contributed by atoms with Crippen molar-refractivity contribution < 1.29 is 2.74 Å². The molecule has 0 spiro atoms. The topological polar surface area (TPSA) is 12.0 Å². The van der Waals surface area contributed by atoms with E-state index in [1.54, 1.807) is 19.2 Å². The van der Waals surface area contributed by atoms with Gasteiger partial charge in [0, 0.05) is 12.7 Å². The van der Waals surface area contributed by atoms with Crippen LogP contribution in [0.3, 0.4) is 0 Å². The zero-order valence-corrected chi connectivity index (χ0v) is 5.65. The molecule has 0 aliphatic heterocycles. The molecule has 0 bridgehead atoms. The van der Waals surface area contributed by atoms with E-state index in [9.17, 15) is 0 Å². The molecule has 0 aromatic heterocycles. The summed E-state index contributed by atoms with van der Waals surface area (Å²) in [6.45, 7) is 1.88. The number of aryl methyl sites for hydroxylation is 1. The van der Waals surface area contributed by atoms with Gasteiger partial charge in [0.05, 0.1) is 2.74 Å². The maximum Gasteiger partial charge on any atom is 0.0645 e. The minimum Gasteiger partial charge on any atom is -0.388 e. The van der Waals surface area contributed by atoms with E-state index in [1.165, 1.54) is 0 Å². The fraction of sp³-hybridized carbons (Fsp3) is 0.250. The molecule has 0 unspecified atom stereocenters. The van der Waals surface area contributed by atoms with Crippen LogP contribution in [-0.2, 0) is 0 Å². The Morgan fingerprint density at radius 2 is 2.00 bits per heavy atom. The third kappa shape index (κ3) is 1.46. The second-order valence-corrected chi connectivity index (χ2v) is 1.95. The van der Waals surface area contributed by atoms with Crippen LogP contribution >= 0.6 is 0 Å². The Hall–Kier alpha value is -0.980. The third-order valence-corrected chi connectivity index (χ3v) is 1.14. The van der Waals surface area contributed by atoms with E-state index in [2.05, 4.69) is 5.32 Å². The molecule has 48 valence electrons. The maximum absolute atomic E-state index is 7.47. The molecule has 1 N–H and O–H groups in total. The lowest BCUT2D eigenvalue weighted by Crippen LogP contribution is -1.85. The van der Waals surface area contributed by atoms with Gasteiger partial charge in [0.15, 0.2) is 0 Å². The first-order valence-corrected chi connectivity index (χ1v) is 2.90. The minimum atomic E-state index is 0.387. The van der Waals surface area contributed by atoms with Gasteiger partial charge in [-0.25, -0.2) is 0 Å². The van der Waals surface area contributed by atoms with Crippen molar-refractivity contribution in [2.75, 3.05) is 12.4 Å². The van der Waals surface area contributed by atoms with Gasteiger partial charge in [0.25, 0.3) is 0 Å². The molecule has 9 heavy (non-hydrogen) atoms. The van der Waals surface area contributed by atoms with Gasteiger partial charge < -0.3 is 5.32 Å². The van der Waals surface area contributed by atoms with Gasteiger partial charge in [-0.15, -0.1) is 0 Å². The Kier molecular flexibility index (Phi) is 1.11. The molecule has 0 aliphatic rings. The van der Waals surface area contributed by atoms with Gasteiger partial charge in [-0.3, -0.25) is 0 Å². The zero-order chi connectivity index (χ0) is 8.43. The molecule has 1 rings (SSSR count). The van der Waals surface area contributed by atoms with Crippen LogP contribution in [0.5, 0.6) is 0 Å². The summed E-state index contributed by atoms with van der Waals surface area (Å²) >= 11 is 0. The van der Waals surface area contributed by atoms with Crippen molar-refractivity contribution in [1.82, 2.24) is 0 Å². The van der Waals surface area contributed by atoms with Crippen molar-refractivity contribution in [3.8, 4) is 0 Å². The van der Waals surface area contributed by atoms with Crippen LogP contribution in [0.1, 0.15) is 8.30 Å². The zero-order valence-electron chi connectivity index (χ0n) is 7.65. The molecule has 0 aliphatic carbocycles. The fourth-order valence-electron chi connectivity index (χ4n) is 0.600. The summed E-state index contributed by atoms with van der Waals surface area (Å²) < 4.78 is 14.9. The molecule has 1 nitrogen and oxygen atoms in total. The second-order valence-electron chi connectivity index (χ2n) is 1.95. The highest BCUT2D eigenvalue weighted by molar-refractivity contribution is 5.43. The van der Waals surface area contributed by atoms with E-state index in [0.717, 1.165) is 5.56 Å². The first-order chi connectivity index (χ1) is 5.15. The lowest BCUT2D eigenvalue weighted by atomic mass is 10.2. The predicted molar refractivity (Wildman–Crippen MR) is 40.7 cm³/mol. The highest BCUT2D eigenvalue weighted by Gasteiger charge is 1.83. The maximum atomic E-state index is 7.47. The van der Waals surface area contributed by atoms with Crippen LogP contribution in [0.2, 0.25) is 0 Å². The number of anilines is 1. The van der Waals surface area contributed by atoms with Crippen molar-refractivity contribution in [1.29, 1.82) is 0 Å². The van der Waals surface area contributed by atoms with Crippen LogP contribution in [0.4, 0.5) is 5.69 Å². The van der Waals surface area contributed by atoms with Gasteiger partial charge in [-0.1, -0.05) is 17.7 Å². The first-order valence-electron chi connectivity index (χ1n) is 3.90. The molecule has 0 fully saturated rings. The van der Waals surface area contributed by atoms with Crippen molar-refractivity contribution >= 4 is 5.69 Å². The monoisotopic (exact) mass is 123 g/mol. The van der Waals surface area contributed by atoms with E-state index in [1.807, 2.05) is 6.92 Å². The summed E-state index contributed by atoms with van der Waals surface area (Å²) in [4.78, 5) is 0. The highest BCUT2D eigenvalue weighted by Crippen LogP contribution is 2.06. The number of rotatable bonds is 1. The van der Waals surface area contributed by atoms with Crippen LogP contribution < -0.4 is 5.32 Å². The molecule has 0 saturated carbocycles. The molecule has 0 saturated heterocycles. The Labute approximate surface area is 58.5 Å². The molecule has 0 amide bonds. The average Bonchev–Trinajstić information content (AvgIpc) is 1.85. The Balaban J connectivity index is 3.25. The lowest BCUT2D eigenvalue weighted by Gasteiger charge is -1.97. The summed E-state index contributed by atoms with van der Waals surface area (Å²) in [5.74, 6) is 0. The van der Waals surface area contributed by atoms with Gasteiger partial charge >= 0.3 is 0 Å². The Morgan fingerprint density at radius 1 is 1.44 bits per heavy atom. The van der Waals surface area contributed by atoms with Gasteiger partial charge in [-0.05, 0) is 19.0 Å². The number of hydrogen-bond acceptors (Lipinski definition) is 1. The van der Waals surface area contributed by atoms with E-state index >= 15 is 0 Å². The summed E-state index contributed by atoms with van der Waals surface area (Å²) in [7, 11) is 1.72.